The molecule has 2 N–H and O–H groups in total. The van der Waals surface area contributed by atoms with Crippen molar-refractivity contribution in [1.82, 2.24) is 20.7 Å². The zero-order chi connectivity index (χ0) is 23.7. The van der Waals surface area contributed by atoms with Crippen molar-refractivity contribution < 1.29 is 23.6 Å². The van der Waals surface area contributed by atoms with Gasteiger partial charge in [0.05, 0.1) is 11.3 Å². The normalized spacial score (nSPS) is 19.6. The Labute approximate surface area is 196 Å². The number of benzene rings is 2. The number of hydrogen-bond acceptors (Lipinski definition) is 7. The highest BCUT2D eigenvalue weighted by atomic mass is 16.5. The van der Waals surface area contributed by atoms with E-state index in [4.69, 9.17) is 9.26 Å². The van der Waals surface area contributed by atoms with Gasteiger partial charge in [-0.25, -0.2) is 0 Å². The Balaban J connectivity index is 1.24. The number of likely N-dealkylation sites (tertiary alicyclic amines) is 1. The number of amides is 3. The minimum absolute atomic E-state index is 0.144. The van der Waals surface area contributed by atoms with Crippen LogP contribution in [0.4, 0.5) is 0 Å². The molecule has 5 rings (SSSR count). The first kappa shape index (κ1) is 22.3. The second-order valence-electron chi connectivity index (χ2n) is 8.98. The fourth-order valence-corrected chi connectivity index (χ4v) is 4.88. The summed E-state index contributed by atoms with van der Waals surface area (Å²) in [5, 5.41) is 12.8. The average Bonchev–Trinajstić information content (AvgIpc) is 3.26. The van der Waals surface area contributed by atoms with Crippen LogP contribution in [0.1, 0.15) is 44.2 Å². The number of fused-ring (bicyclic) bond motifs is 3. The van der Waals surface area contributed by atoms with E-state index in [0.29, 0.717) is 30.3 Å². The summed E-state index contributed by atoms with van der Waals surface area (Å²) in [6, 6.07) is 10.0. The summed E-state index contributed by atoms with van der Waals surface area (Å²) in [6.07, 6.45) is 2.63. The summed E-state index contributed by atoms with van der Waals surface area (Å²) in [4.78, 5) is 37.3. The number of carbonyl (C=O) groups is 3. The van der Waals surface area contributed by atoms with Crippen molar-refractivity contribution in [2.75, 3.05) is 26.2 Å². The smallest absolute Gasteiger partial charge is 0.235 e. The third kappa shape index (κ3) is 4.48. The average molecular weight is 465 g/mol. The third-order valence-electron chi connectivity index (χ3n) is 6.76. The molecule has 2 fully saturated rings. The van der Waals surface area contributed by atoms with E-state index in [0.717, 1.165) is 54.4 Å². The molecule has 9 heteroatoms. The van der Waals surface area contributed by atoms with Gasteiger partial charge in [0.25, 0.3) is 0 Å². The maximum Gasteiger partial charge on any atom is 0.235 e. The van der Waals surface area contributed by atoms with Gasteiger partial charge in [0.15, 0.2) is 5.58 Å². The van der Waals surface area contributed by atoms with E-state index in [-0.39, 0.29) is 24.1 Å². The van der Waals surface area contributed by atoms with Crippen LogP contribution in [0.25, 0.3) is 21.7 Å². The van der Waals surface area contributed by atoms with Crippen LogP contribution in [-0.2, 0) is 14.4 Å². The second kappa shape index (κ2) is 9.42. The van der Waals surface area contributed by atoms with Gasteiger partial charge in [-0.1, -0.05) is 11.2 Å². The summed E-state index contributed by atoms with van der Waals surface area (Å²) < 4.78 is 11.5. The van der Waals surface area contributed by atoms with E-state index >= 15 is 0 Å². The second-order valence-corrected chi connectivity index (χ2v) is 8.98. The molecule has 1 atom stereocenters. The number of carbonyl (C=O) groups excluding carboxylic acids is 3. The molecule has 0 saturated carbocycles. The van der Waals surface area contributed by atoms with Crippen molar-refractivity contribution in [3.8, 4) is 5.75 Å². The van der Waals surface area contributed by atoms with Crippen LogP contribution in [0, 0.1) is 0 Å². The summed E-state index contributed by atoms with van der Waals surface area (Å²) >= 11 is 0. The number of hydrogen-bond donors (Lipinski definition) is 2. The Morgan fingerprint density at radius 1 is 1.21 bits per heavy atom. The number of rotatable bonds is 6. The number of nitrogens with one attached hydrogen (secondary N) is 2. The molecular weight excluding hydrogens is 436 g/mol. The molecule has 178 valence electrons. The minimum atomic E-state index is -0.506. The van der Waals surface area contributed by atoms with Crippen LogP contribution in [-0.4, -0.2) is 60.1 Å². The highest BCUT2D eigenvalue weighted by Gasteiger charge is 2.32. The van der Waals surface area contributed by atoms with Crippen LogP contribution < -0.4 is 15.4 Å². The SMILES string of the molecule is CC(=O)N1CCC(NCCOc2ccc3c(ccc4onc([C@@H]5CCC(=O)NC5=O)c43)c2)CC1. The fraction of sp³-hybridized carbons (Fsp3) is 0.440. The predicted molar refractivity (Wildman–Crippen MR) is 125 cm³/mol. The largest absolute Gasteiger partial charge is 0.492 e. The summed E-state index contributed by atoms with van der Waals surface area (Å²) in [6.45, 7) is 4.49. The molecule has 2 aromatic carbocycles. The molecule has 2 aliphatic heterocycles. The number of nitrogens with zero attached hydrogens (tertiary/aromatic N) is 2. The molecule has 1 aromatic heterocycles. The zero-order valence-electron chi connectivity index (χ0n) is 19.1. The maximum absolute atomic E-state index is 12.4. The Morgan fingerprint density at radius 2 is 2.03 bits per heavy atom. The lowest BCUT2D eigenvalue weighted by atomic mass is 9.91. The number of aromatic nitrogens is 1. The molecule has 0 bridgehead atoms. The van der Waals surface area contributed by atoms with Crippen molar-refractivity contribution in [3.05, 3.63) is 36.0 Å². The minimum Gasteiger partial charge on any atom is -0.492 e. The van der Waals surface area contributed by atoms with Gasteiger partial charge in [0, 0.05) is 39.0 Å². The van der Waals surface area contributed by atoms with E-state index in [1.807, 2.05) is 35.2 Å². The van der Waals surface area contributed by atoms with Gasteiger partial charge in [-0.3, -0.25) is 19.7 Å². The summed E-state index contributed by atoms with van der Waals surface area (Å²) in [5.74, 6) is -0.182. The Hall–Kier alpha value is -3.46. The Kier molecular flexibility index (Phi) is 6.19. The molecule has 3 amide bonds. The van der Waals surface area contributed by atoms with Crippen LogP contribution in [0.3, 0.4) is 0 Å². The number of ether oxygens (including phenoxy) is 1. The predicted octanol–water partition coefficient (Wildman–Crippen LogP) is 2.48. The van der Waals surface area contributed by atoms with Crippen LogP contribution in [0.2, 0.25) is 0 Å². The molecule has 3 heterocycles. The topological polar surface area (TPSA) is 114 Å². The van der Waals surface area contributed by atoms with E-state index in [2.05, 4.69) is 15.8 Å². The Morgan fingerprint density at radius 3 is 2.79 bits per heavy atom. The molecule has 0 spiro atoms. The molecule has 0 aliphatic carbocycles. The van der Waals surface area contributed by atoms with Gasteiger partial charge < -0.3 is 19.5 Å². The van der Waals surface area contributed by atoms with Crippen molar-refractivity contribution in [2.24, 2.45) is 0 Å². The van der Waals surface area contributed by atoms with Gasteiger partial charge in [-0.05, 0) is 54.3 Å². The van der Waals surface area contributed by atoms with E-state index < -0.39 is 5.92 Å². The lowest BCUT2D eigenvalue weighted by molar-refractivity contribution is -0.134. The van der Waals surface area contributed by atoms with Crippen molar-refractivity contribution in [2.45, 2.75) is 44.6 Å². The van der Waals surface area contributed by atoms with Crippen LogP contribution in [0.15, 0.2) is 34.9 Å². The zero-order valence-corrected chi connectivity index (χ0v) is 19.1. The first-order valence-corrected chi connectivity index (χ1v) is 11.8. The highest BCUT2D eigenvalue weighted by Crippen LogP contribution is 2.36. The van der Waals surface area contributed by atoms with Gasteiger partial charge in [0.1, 0.15) is 18.1 Å². The van der Waals surface area contributed by atoms with Gasteiger partial charge >= 0.3 is 0 Å². The summed E-state index contributed by atoms with van der Waals surface area (Å²) in [5.41, 5.74) is 1.18. The molecule has 0 unspecified atom stereocenters. The van der Waals surface area contributed by atoms with Crippen LogP contribution >= 0.6 is 0 Å². The van der Waals surface area contributed by atoms with Gasteiger partial charge in [-0.2, -0.15) is 0 Å². The van der Waals surface area contributed by atoms with Gasteiger partial charge in [-0.15, -0.1) is 0 Å². The van der Waals surface area contributed by atoms with Crippen LogP contribution in [0.5, 0.6) is 5.75 Å². The molecule has 3 aromatic rings. The third-order valence-corrected chi connectivity index (χ3v) is 6.76. The van der Waals surface area contributed by atoms with Gasteiger partial charge in [0.2, 0.25) is 17.7 Å². The lowest BCUT2D eigenvalue weighted by Gasteiger charge is -2.31. The molecular formula is C25H28N4O5. The molecule has 0 radical (unpaired) electrons. The van der Waals surface area contributed by atoms with Crippen molar-refractivity contribution >= 4 is 39.5 Å². The summed E-state index contributed by atoms with van der Waals surface area (Å²) in [7, 11) is 0. The fourth-order valence-electron chi connectivity index (χ4n) is 4.88. The standard InChI is InChI=1S/C25H28N4O5/c1-15(30)29-11-8-17(9-12-29)26-10-13-33-18-3-4-19-16(14-18)2-6-21-23(19)24(28-34-21)20-5-7-22(31)27-25(20)32/h2-4,6,14,17,20,26H,5,7-13H2,1H3,(H,27,31,32)/t20-/m0/s1. The molecule has 9 nitrogen and oxygen atoms in total. The Bertz CT molecular complexity index is 1240. The number of imide groups is 1. The first-order chi connectivity index (χ1) is 16.5. The van der Waals surface area contributed by atoms with Crippen molar-refractivity contribution in [3.63, 3.8) is 0 Å². The van der Waals surface area contributed by atoms with E-state index in [9.17, 15) is 14.4 Å². The lowest BCUT2D eigenvalue weighted by Crippen LogP contribution is -2.45. The number of piperidine rings is 2. The molecule has 2 saturated heterocycles. The molecule has 34 heavy (non-hydrogen) atoms. The molecule has 2 aliphatic rings. The van der Waals surface area contributed by atoms with E-state index in [1.165, 1.54) is 0 Å². The maximum atomic E-state index is 12.4. The monoisotopic (exact) mass is 464 g/mol. The first-order valence-electron chi connectivity index (χ1n) is 11.8. The van der Waals surface area contributed by atoms with Crippen molar-refractivity contribution in [1.29, 1.82) is 0 Å². The van der Waals surface area contributed by atoms with E-state index in [1.54, 1.807) is 6.92 Å². The highest BCUT2D eigenvalue weighted by molar-refractivity contribution is 6.10. The quantitative estimate of drug-likeness (QED) is 0.426.